The monoisotopic (exact) mass is 368 g/mol. The molecule has 2 aromatic carbocycles. The molecule has 27 heavy (non-hydrogen) atoms. The van der Waals surface area contributed by atoms with E-state index < -0.39 is 0 Å². The summed E-state index contributed by atoms with van der Waals surface area (Å²) in [5, 5.41) is 21.7. The average molecular weight is 369 g/mol. The van der Waals surface area contributed by atoms with Crippen molar-refractivity contribution in [1.82, 2.24) is 0 Å². The molecule has 0 atom stereocenters. The molecule has 0 unspecified atom stereocenters. The zero-order valence-electron chi connectivity index (χ0n) is 18.3. The fourth-order valence-electron chi connectivity index (χ4n) is 3.89. The Bertz CT molecular complexity index is 748. The summed E-state index contributed by atoms with van der Waals surface area (Å²) >= 11 is 0. The van der Waals surface area contributed by atoms with E-state index in [1.807, 2.05) is 0 Å². The fraction of sp³-hybridized carbons (Fsp3) is 0.520. The molecule has 148 valence electrons. The smallest absolute Gasteiger partial charge is 0.122 e. The highest BCUT2D eigenvalue weighted by molar-refractivity contribution is 5.53. The maximum atomic E-state index is 10.9. The summed E-state index contributed by atoms with van der Waals surface area (Å²) in [5.74, 6) is 0.854. The van der Waals surface area contributed by atoms with Crippen LogP contribution in [0.1, 0.15) is 88.8 Å². The molecule has 0 aliphatic rings. The predicted octanol–water partition coefficient (Wildman–Crippen LogP) is 6.41. The quantitative estimate of drug-likeness (QED) is 0.655. The lowest BCUT2D eigenvalue weighted by Crippen LogP contribution is -2.14. The number of aromatic hydroxyl groups is 2. The van der Waals surface area contributed by atoms with Crippen LogP contribution in [0.2, 0.25) is 0 Å². The Balaban J connectivity index is 2.55. The van der Waals surface area contributed by atoms with Gasteiger partial charge in [-0.15, -0.1) is 0 Å². The minimum absolute atomic E-state index is 0.0895. The van der Waals surface area contributed by atoms with Gasteiger partial charge < -0.3 is 10.2 Å². The Kier molecular flexibility index (Phi) is 5.99. The molecule has 2 rings (SSSR count). The van der Waals surface area contributed by atoms with Crippen molar-refractivity contribution in [3.63, 3.8) is 0 Å². The van der Waals surface area contributed by atoms with Crippen molar-refractivity contribution in [3.05, 3.63) is 57.6 Å². The summed E-state index contributed by atoms with van der Waals surface area (Å²) < 4.78 is 0. The lowest BCUT2D eigenvalue weighted by atomic mass is 9.81. The number of phenolic OH excluding ortho intramolecular Hbond substituents is 2. The van der Waals surface area contributed by atoms with Crippen LogP contribution in [0.4, 0.5) is 0 Å². The van der Waals surface area contributed by atoms with Gasteiger partial charge in [-0.2, -0.15) is 0 Å². The van der Waals surface area contributed by atoms with Crippen LogP contribution in [0.3, 0.4) is 0 Å². The van der Waals surface area contributed by atoms with Crippen LogP contribution in [0.25, 0.3) is 0 Å². The van der Waals surface area contributed by atoms with Crippen LogP contribution >= 0.6 is 0 Å². The van der Waals surface area contributed by atoms with Crippen LogP contribution in [0.5, 0.6) is 11.5 Å². The van der Waals surface area contributed by atoms with Crippen molar-refractivity contribution in [2.24, 2.45) is 0 Å². The standard InChI is InChI=1S/C25H36O2/c1-9-18-16(11-13-20(22(18)26)24(3,4)5)15-17-12-14-21(25(6,7)8)23(27)19(17)10-2/h11-14,26-27H,9-10,15H2,1-8H3. The Hall–Kier alpha value is -1.96. The summed E-state index contributed by atoms with van der Waals surface area (Å²) in [4.78, 5) is 0. The summed E-state index contributed by atoms with van der Waals surface area (Å²) in [6, 6.07) is 8.40. The molecule has 0 aliphatic heterocycles. The van der Waals surface area contributed by atoms with E-state index in [0.717, 1.165) is 52.6 Å². The molecule has 2 aromatic rings. The number of rotatable bonds is 4. The molecule has 0 radical (unpaired) electrons. The first-order valence-corrected chi connectivity index (χ1v) is 10.1. The molecule has 2 N–H and O–H groups in total. The van der Waals surface area contributed by atoms with Crippen LogP contribution in [0.15, 0.2) is 24.3 Å². The maximum absolute atomic E-state index is 10.9. The zero-order chi connectivity index (χ0) is 20.6. The molecular weight excluding hydrogens is 332 g/mol. The van der Waals surface area contributed by atoms with E-state index in [2.05, 4.69) is 79.7 Å². The minimum Gasteiger partial charge on any atom is -0.507 e. The maximum Gasteiger partial charge on any atom is 0.122 e. The van der Waals surface area contributed by atoms with Gasteiger partial charge in [-0.1, -0.05) is 79.7 Å². The molecule has 0 spiro atoms. The normalized spacial score (nSPS) is 12.4. The first-order chi connectivity index (χ1) is 12.4. The average Bonchev–Trinajstić information content (AvgIpc) is 2.53. The van der Waals surface area contributed by atoms with Crippen LogP contribution < -0.4 is 0 Å². The van der Waals surface area contributed by atoms with Gasteiger partial charge in [0.15, 0.2) is 0 Å². The molecule has 0 bridgehead atoms. The third kappa shape index (κ3) is 4.31. The topological polar surface area (TPSA) is 40.5 Å². The van der Waals surface area contributed by atoms with Gasteiger partial charge in [0.25, 0.3) is 0 Å². The third-order valence-corrected chi connectivity index (χ3v) is 5.46. The van der Waals surface area contributed by atoms with Crippen molar-refractivity contribution in [1.29, 1.82) is 0 Å². The van der Waals surface area contributed by atoms with Gasteiger partial charge in [0, 0.05) is 0 Å². The van der Waals surface area contributed by atoms with Gasteiger partial charge in [-0.05, 0) is 63.5 Å². The van der Waals surface area contributed by atoms with Gasteiger partial charge in [-0.25, -0.2) is 0 Å². The van der Waals surface area contributed by atoms with Crippen molar-refractivity contribution in [2.75, 3.05) is 0 Å². The number of phenols is 2. The van der Waals surface area contributed by atoms with Crippen molar-refractivity contribution < 1.29 is 10.2 Å². The second-order valence-corrected chi connectivity index (χ2v) is 9.58. The summed E-state index contributed by atoms with van der Waals surface area (Å²) in [6.45, 7) is 16.9. The van der Waals surface area contributed by atoms with Crippen molar-refractivity contribution in [3.8, 4) is 11.5 Å². The molecule has 0 fully saturated rings. The van der Waals surface area contributed by atoms with Gasteiger partial charge in [0.2, 0.25) is 0 Å². The molecule has 0 aliphatic carbocycles. The lowest BCUT2D eigenvalue weighted by molar-refractivity contribution is 0.439. The van der Waals surface area contributed by atoms with Crippen LogP contribution in [-0.4, -0.2) is 10.2 Å². The lowest BCUT2D eigenvalue weighted by Gasteiger charge is -2.25. The van der Waals surface area contributed by atoms with Gasteiger partial charge in [-0.3, -0.25) is 0 Å². The molecular formula is C25H36O2. The van der Waals surface area contributed by atoms with E-state index in [4.69, 9.17) is 0 Å². The van der Waals surface area contributed by atoms with Crippen molar-refractivity contribution in [2.45, 2.75) is 85.5 Å². The second-order valence-electron chi connectivity index (χ2n) is 9.58. The summed E-state index contributed by atoms with van der Waals surface area (Å²) in [6.07, 6.45) is 2.31. The zero-order valence-corrected chi connectivity index (χ0v) is 18.3. The Morgan fingerprint density at radius 3 is 1.22 bits per heavy atom. The van der Waals surface area contributed by atoms with E-state index in [1.165, 1.54) is 0 Å². The van der Waals surface area contributed by atoms with Gasteiger partial charge in [0.1, 0.15) is 11.5 Å². The van der Waals surface area contributed by atoms with Gasteiger partial charge in [0.05, 0.1) is 0 Å². The van der Waals surface area contributed by atoms with E-state index in [1.54, 1.807) is 0 Å². The highest BCUT2D eigenvalue weighted by Crippen LogP contribution is 2.39. The number of benzene rings is 2. The number of hydrogen-bond donors (Lipinski definition) is 2. The first kappa shape index (κ1) is 21.3. The van der Waals surface area contributed by atoms with Gasteiger partial charge >= 0.3 is 0 Å². The minimum atomic E-state index is -0.0895. The molecule has 2 heteroatoms. The summed E-state index contributed by atoms with van der Waals surface area (Å²) in [5.41, 5.74) is 6.12. The largest absolute Gasteiger partial charge is 0.507 e. The van der Waals surface area contributed by atoms with E-state index in [9.17, 15) is 10.2 Å². The Labute approximate surface area is 165 Å². The Morgan fingerprint density at radius 1 is 0.630 bits per heavy atom. The fourth-order valence-corrected chi connectivity index (χ4v) is 3.89. The number of hydrogen-bond acceptors (Lipinski definition) is 2. The summed E-state index contributed by atoms with van der Waals surface area (Å²) in [7, 11) is 0. The molecule has 0 saturated heterocycles. The third-order valence-electron chi connectivity index (χ3n) is 5.46. The van der Waals surface area contributed by atoms with E-state index >= 15 is 0 Å². The molecule has 0 saturated carbocycles. The predicted molar refractivity (Wildman–Crippen MR) is 115 cm³/mol. The SMILES string of the molecule is CCc1c(Cc2ccc(C(C)(C)C)c(O)c2CC)ccc(C(C)(C)C)c1O. The first-order valence-electron chi connectivity index (χ1n) is 10.1. The van der Waals surface area contributed by atoms with Crippen LogP contribution in [-0.2, 0) is 30.1 Å². The molecule has 0 heterocycles. The second kappa shape index (κ2) is 7.58. The molecule has 0 aromatic heterocycles. The van der Waals surface area contributed by atoms with E-state index in [-0.39, 0.29) is 10.8 Å². The molecule has 2 nitrogen and oxygen atoms in total. The van der Waals surface area contributed by atoms with Crippen molar-refractivity contribution >= 4 is 0 Å². The molecule has 0 amide bonds. The van der Waals surface area contributed by atoms with Crippen LogP contribution in [0, 0.1) is 0 Å². The van der Waals surface area contributed by atoms with E-state index in [0.29, 0.717) is 11.5 Å². The Morgan fingerprint density at radius 2 is 0.963 bits per heavy atom. The highest BCUT2D eigenvalue weighted by Gasteiger charge is 2.24. The highest BCUT2D eigenvalue weighted by atomic mass is 16.3.